The molecule has 3 atom stereocenters. The fourth-order valence-corrected chi connectivity index (χ4v) is 4.65. The number of Topliss-reactive ketones (excluding diaryl/α,β-unsaturated/α-hetero) is 2. The summed E-state index contributed by atoms with van der Waals surface area (Å²) in [5, 5.41) is 5.98. The Morgan fingerprint density at radius 1 is 0.625 bits per heavy atom. The normalized spacial score (nSPS) is 20.7. The first-order valence-corrected chi connectivity index (χ1v) is 10.5. The zero-order valence-electron chi connectivity index (χ0n) is 16.7. The molecule has 2 amide bonds. The lowest BCUT2D eigenvalue weighted by atomic mass is 9.68. The second-order valence-electron chi connectivity index (χ2n) is 7.83. The first-order chi connectivity index (χ1) is 15.5. The topological polar surface area (TPSA) is 92.3 Å². The molecule has 0 fully saturated rings. The molecule has 0 radical (unpaired) electrons. The number of hydrogen-bond donors (Lipinski definition) is 2. The summed E-state index contributed by atoms with van der Waals surface area (Å²) in [7, 11) is 0. The molecular formula is C25H17ClN2O4. The quantitative estimate of drug-likeness (QED) is 0.588. The number of ketones is 2. The average Bonchev–Trinajstić information content (AvgIpc) is 2.78. The van der Waals surface area contributed by atoms with Crippen molar-refractivity contribution in [2.45, 2.75) is 5.92 Å². The van der Waals surface area contributed by atoms with E-state index in [4.69, 9.17) is 11.6 Å². The highest BCUT2D eigenvalue weighted by Crippen LogP contribution is 2.43. The van der Waals surface area contributed by atoms with Crippen LogP contribution >= 0.6 is 11.6 Å². The van der Waals surface area contributed by atoms with E-state index in [0.29, 0.717) is 33.1 Å². The fourth-order valence-electron chi connectivity index (χ4n) is 4.52. The van der Waals surface area contributed by atoms with Gasteiger partial charge in [0, 0.05) is 22.1 Å². The average molecular weight is 445 g/mol. The number of nitrogens with one attached hydrogen (secondary N) is 2. The molecule has 2 aliphatic heterocycles. The molecule has 0 aliphatic carbocycles. The number of carbonyl (C=O) groups is 4. The Kier molecular flexibility index (Phi) is 4.87. The Balaban J connectivity index is 1.67. The maximum atomic E-state index is 13.5. The van der Waals surface area contributed by atoms with Crippen molar-refractivity contribution in [2.75, 3.05) is 10.6 Å². The number of amides is 2. The molecule has 5 rings (SSSR count). The Bertz CT molecular complexity index is 1210. The van der Waals surface area contributed by atoms with Crippen molar-refractivity contribution in [1.82, 2.24) is 0 Å². The largest absolute Gasteiger partial charge is 0.325 e. The van der Waals surface area contributed by atoms with E-state index in [1.807, 2.05) is 0 Å². The van der Waals surface area contributed by atoms with Crippen molar-refractivity contribution < 1.29 is 19.2 Å². The molecule has 2 N–H and O–H groups in total. The molecule has 6 nitrogen and oxygen atoms in total. The summed E-state index contributed by atoms with van der Waals surface area (Å²) in [5.74, 6) is -5.46. The van der Waals surface area contributed by atoms with Crippen molar-refractivity contribution in [3.05, 3.63) is 94.5 Å². The van der Waals surface area contributed by atoms with Gasteiger partial charge >= 0.3 is 0 Å². The lowest BCUT2D eigenvalue weighted by Gasteiger charge is -2.35. The van der Waals surface area contributed by atoms with Crippen molar-refractivity contribution in [3.8, 4) is 0 Å². The Morgan fingerprint density at radius 3 is 1.53 bits per heavy atom. The number of halogens is 1. The summed E-state index contributed by atoms with van der Waals surface area (Å²) < 4.78 is 0. The van der Waals surface area contributed by atoms with Crippen LogP contribution in [0.5, 0.6) is 0 Å². The zero-order valence-corrected chi connectivity index (χ0v) is 17.4. The van der Waals surface area contributed by atoms with Crippen LogP contribution in [0.15, 0.2) is 72.8 Å². The molecule has 3 aromatic carbocycles. The lowest BCUT2D eigenvalue weighted by molar-refractivity contribution is -0.122. The number of para-hydroxylation sites is 2. The second-order valence-corrected chi connectivity index (χ2v) is 8.27. The van der Waals surface area contributed by atoms with Gasteiger partial charge in [0.05, 0.1) is 11.4 Å². The van der Waals surface area contributed by atoms with Crippen LogP contribution in [0.2, 0.25) is 5.02 Å². The highest BCUT2D eigenvalue weighted by atomic mass is 35.5. The molecule has 32 heavy (non-hydrogen) atoms. The SMILES string of the molecule is O=C1Nc2ccccc2C(=O)[C@@H]1C(c1ccc(Cl)cc1)[C@H]1C(=O)Nc2ccccc2C1=O. The second kappa shape index (κ2) is 7.73. The molecular weight excluding hydrogens is 428 g/mol. The highest BCUT2D eigenvalue weighted by molar-refractivity contribution is 6.30. The number of anilines is 2. The van der Waals surface area contributed by atoms with Crippen molar-refractivity contribution in [1.29, 1.82) is 0 Å². The van der Waals surface area contributed by atoms with Gasteiger partial charge < -0.3 is 10.6 Å². The summed E-state index contributed by atoms with van der Waals surface area (Å²) in [4.78, 5) is 53.3. The third kappa shape index (κ3) is 3.20. The minimum atomic E-state index is -1.25. The summed E-state index contributed by atoms with van der Waals surface area (Å²) in [6, 6.07) is 19.9. The third-order valence-corrected chi connectivity index (χ3v) is 6.26. The van der Waals surface area contributed by atoms with Gasteiger partial charge in [-0.1, -0.05) is 48.0 Å². The molecule has 1 unspecified atom stereocenters. The summed E-state index contributed by atoms with van der Waals surface area (Å²) in [6.45, 7) is 0. The lowest BCUT2D eigenvalue weighted by Crippen LogP contribution is -2.47. The van der Waals surface area contributed by atoms with Gasteiger partial charge in [0.15, 0.2) is 11.6 Å². The van der Waals surface area contributed by atoms with Gasteiger partial charge in [-0.3, -0.25) is 19.2 Å². The fraction of sp³-hybridized carbons (Fsp3) is 0.120. The minimum Gasteiger partial charge on any atom is -0.325 e. The summed E-state index contributed by atoms with van der Waals surface area (Å²) >= 11 is 6.04. The van der Waals surface area contributed by atoms with Gasteiger partial charge in [-0.25, -0.2) is 0 Å². The van der Waals surface area contributed by atoms with Crippen LogP contribution in [0.4, 0.5) is 11.4 Å². The van der Waals surface area contributed by atoms with Crippen LogP contribution in [0.3, 0.4) is 0 Å². The molecule has 0 aromatic heterocycles. The molecule has 7 heteroatoms. The van der Waals surface area contributed by atoms with E-state index in [9.17, 15) is 19.2 Å². The molecule has 0 saturated carbocycles. The van der Waals surface area contributed by atoms with Crippen molar-refractivity contribution >= 4 is 46.4 Å². The molecule has 2 heterocycles. The molecule has 158 valence electrons. The number of hydrogen-bond acceptors (Lipinski definition) is 4. The maximum absolute atomic E-state index is 13.5. The van der Waals surface area contributed by atoms with E-state index in [0.717, 1.165) is 0 Å². The van der Waals surface area contributed by atoms with Crippen LogP contribution in [0.1, 0.15) is 32.2 Å². The monoisotopic (exact) mass is 444 g/mol. The maximum Gasteiger partial charge on any atom is 0.236 e. The van der Waals surface area contributed by atoms with Gasteiger partial charge in [-0.2, -0.15) is 0 Å². The number of benzene rings is 3. The Morgan fingerprint density at radius 2 is 1.06 bits per heavy atom. The standard InChI is InChI=1S/C25H17ClN2O4/c26-14-11-9-13(10-12-14)19(20-22(29)15-5-1-3-7-17(15)27-24(20)31)21-23(30)16-6-2-4-8-18(16)28-25(21)32/h1-12,19-21H,(H,27,31)(H,28,32)/t19?,20-,21+. The molecule has 0 spiro atoms. The van der Waals surface area contributed by atoms with Crippen LogP contribution in [0.25, 0.3) is 0 Å². The van der Waals surface area contributed by atoms with E-state index in [2.05, 4.69) is 10.6 Å². The predicted octanol–water partition coefficient (Wildman–Crippen LogP) is 4.33. The van der Waals surface area contributed by atoms with E-state index in [-0.39, 0.29) is 0 Å². The Labute approximate surface area is 188 Å². The van der Waals surface area contributed by atoms with Crippen LogP contribution < -0.4 is 10.6 Å². The molecule has 3 aromatic rings. The van der Waals surface area contributed by atoms with Crippen molar-refractivity contribution in [2.24, 2.45) is 11.8 Å². The molecule has 2 aliphatic rings. The van der Waals surface area contributed by atoms with E-state index in [1.165, 1.54) is 0 Å². The van der Waals surface area contributed by atoms with Gasteiger partial charge in [-0.05, 0) is 42.0 Å². The first kappa shape index (κ1) is 20.2. The van der Waals surface area contributed by atoms with Gasteiger partial charge in [-0.15, -0.1) is 0 Å². The third-order valence-electron chi connectivity index (χ3n) is 6.00. The van der Waals surface area contributed by atoms with E-state index in [1.54, 1.807) is 72.8 Å². The van der Waals surface area contributed by atoms with Crippen molar-refractivity contribution in [3.63, 3.8) is 0 Å². The van der Waals surface area contributed by atoms with Gasteiger partial charge in [0.25, 0.3) is 0 Å². The van der Waals surface area contributed by atoms with E-state index < -0.39 is 41.1 Å². The summed E-state index contributed by atoms with van der Waals surface area (Å²) in [5.41, 5.74) is 2.03. The van der Waals surface area contributed by atoms with Crippen LogP contribution in [-0.2, 0) is 9.59 Å². The minimum absolute atomic E-state index is 0.347. The molecule has 0 bridgehead atoms. The Hall–Kier alpha value is -3.77. The number of rotatable bonds is 3. The van der Waals surface area contributed by atoms with Gasteiger partial charge in [0.1, 0.15) is 11.8 Å². The smallest absolute Gasteiger partial charge is 0.236 e. The number of carbonyl (C=O) groups excluding carboxylic acids is 4. The van der Waals surface area contributed by atoms with E-state index >= 15 is 0 Å². The molecule has 0 saturated heterocycles. The highest BCUT2D eigenvalue weighted by Gasteiger charge is 2.50. The summed E-state index contributed by atoms with van der Waals surface area (Å²) in [6.07, 6.45) is 0. The predicted molar refractivity (Wildman–Crippen MR) is 120 cm³/mol. The van der Waals surface area contributed by atoms with Crippen LogP contribution in [0, 0.1) is 11.8 Å². The number of fused-ring (bicyclic) bond motifs is 2. The van der Waals surface area contributed by atoms with Gasteiger partial charge in [0.2, 0.25) is 11.8 Å². The first-order valence-electron chi connectivity index (χ1n) is 10.1. The zero-order chi connectivity index (χ0) is 22.4. The van der Waals surface area contributed by atoms with Crippen LogP contribution in [-0.4, -0.2) is 23.4 Å².